The summed E-state index contributed by atoms with van der Waals surface area (Å²) in [6.07, 6.45) is -3.23. The number of alkyl halides is 2. The molecule has 7 nitrogen and oxygen atoms in total. The van der Waals surface area contributed by atoms with Gasteiger partial charge in [0, 0.05) is 0 Å². The summed E-state index contributed by atoms with van der Waals surface area (Å²) < 4.78 is 29.8. The number of aromatic nitrogens is 1. The fourth-order valence-electron chi connectivity index (χ4n) is 1.44. The number of ether oxygens (including phenoxy) is 1. The fourth-order valence-corrected chi connectivity index (χ4v) is 1.44. The van der Waals surface area contributed by atoms with Crippen molar-refractivity contribution < 1.29 is 28.3 Å². The van der Waals surface area contributed by atoms with Gasteiger partial charge in [-0.15, -0.1) is 0 Å². The van der Waals surface area contributed by atoms with Gasteiger partial charge < -0.3 is 9.84 Å². The molecule has 0 atom stereocenters. The highest BCUT2D eigenvalue weighted by atomic mass is 19.3. The van der Waals surface area contributed by atoms with Gasteiger partial charge in [0.2, 0.25) is 0 Å². The zero-order valence-corrected chi connectivity index (χ0v) is 9.80. The molecule has 0 radical (unpaired) electrons. The van der Waals surface area contributed by atoms with E-state index >= 15 is 0 Å². The van der Waals surface area contributed by atoms with E-state index in [-0.39, 0.29) is 6.61 Å². The van der Waals surface area contributed by atoms with Crippen LogP contribution in [-0.2, 0) is 16.0 Å². The van der Waals surface area contributed by atoms with Crippen LogP contribution in [0.5, 0.6) is 5.75 Å². The van der Waals surface area contributed by atoms with Crippen LogP contribution in [0.1, 0.15) is 24.6 Å². The van der Waals surface area contributed by atoms with Gasteiger partial charge in [-0.05, 0) is 6.92 Å². The molecule has 0 bridgehead atoms. The number of esters is 1. The lowest BCUT2D eigenvalue weighted by molar-refractivity contribution is -0.387. The number of rotatable bonds is 5. The summed E-state index contributed by atoms with van der Waals surface area (Å²) in [6, 6.07) is 0. The van der Waals surface area contributed by atoms with Gasteiger partial charge in [0.25, 0.3) is 6.43 Å². The molecule has 1 aromatic rings. The lowest BCUT2D eigenvalue weighted by Gasteiger charge is -2.08. The molecule has 1 aromatic heterocycles. The van der Waals surface area contributed by atoms with Gasteiger partial charge in [-0.1, -0.05) is 0 Å². The lowest BCUT2D eigenvalue weighted by Crippen LogP contribution is -2.11. The second kappa shape index (κ2) is 6.03. The largest absolute Gasteiger partial charge is 0.506 e. The van der Waals surface area contributed by atoms with Crippen LogP contribution in [0.3, 0.4) is 0 Å². The maximum absolute atomic E-state index is 12.6. The molecule has 0 fully saturated rings. The number of carbonyl (C=O) groups is 1. The Morgan fingerprint density at radius 2 is 2.26 bits per heavy atom. The monoisotopic (exact) mass is 276 g/mol. The Morgan fingerprint density at radius 1 is 1.63 bits per heavy atom. The van der Waals surface area contributed by atoms with Crippen molar-refractivity contribution in [2.45, 2.75) is 19.8 Å². The van der Waals surface area contributed by atoms with Crippen molar-refractivity contribution in [3.63, 3.8) is 0 Å². The molecule has 0 aliphatic carbocycles. The van der Waals surface area contributed by atoms with Gasteiger partial charge in [0.1, 0.15) is 5.75 Å². The number of pyridine rings is 1. The standard InChI is InChI=1S/C10H10F2N2O5/c1-2-19-7(16)3-5-6(15)4-13-8(10(11)12)9(5)14(17)18/h4,10,15H,2-3H2,1H3. The molecule has 19 heavy (non-hydrogen) atoms. The van der Waals surface area contributed by atoms with Crippen LogP contribution in [0.4, 0.5) is 14.5 Å². The van der Waals surface area contributed by atoms with Crippen LogP contribution in [0.2, 0.25) is 0 Å². The minimum atomic E-state index is -3.19. The molecule has 0 unspecified atom stereocenters. The van der Waals surface area contributed by atoms with Crippen LogP contribution in [-0.4, -0.2) is 27.6 Å². The van der Waals surface area contributed by atoms with E-state index in [4.69, 9.17) is 0 Å². The SMILES string of the molecule is CCOC(=O)Cc1c(O)cnc(C(F)F)c1[N+](=O)[O-]. The molecule has 0 amide bonds. The third-order valence-corrected chi connectivity index (χ3v) is 2.18. The maximum Gasteiger partial charge on any atom is 0.310 e. The molecule has 0 saturated heterocycles. The minimum absolute atomic E-state index is 0.0280. The summed E-state index contributed by atoms with van der Waals surface area (Å²) >= 11 is 0. The normalized spacial score (nSPS) is 10.5. The molecular weight excluding hydrogens is 266 g/mol. The molecule has 0 spiro atoms. The maximum atomic E-state index is 12.6. The summed E-state index contributed by atoms with van der Waals surface area (Å²) in [5.74, 6) is -1.57. The Morgan fingerprint density at radius 3 is 2.74 bits per heavy atom. The molecular formula is C10H10F2N2O5. The molecule has 9 heteroatoms. The molecule has 0 aliphatic rings. The highest BCUT2D eigenvalue weighted by Crippen LogP contribution is 2.35. The van der Waals surface area contributed by atoms with Crippen molar-refractivity contribution in [2.75, 3.05) is 6.61 Å². The molecule has 1 heterocycles. The highest BCUT2D eigenvalue weighted by Gasteiger charge is 2.31. The minimum Gasteiger partial charge on any atom is -0.506 e. The van der Waals surface area contributed by atoms with Crippen molar-refractivity contribution in [1.82, 2.24) is 4.98 Å². The van der Waals surface area contributed by atoms with E-state index < -0.39 is 46.4 Å². The average molecular weight is 276 g/mol. The average Bonchev–Trinajstić information content (AvgIpc) is 2.31. The second-order valence-corrected chi connectivity index (χ2v) is 3.40. The Bertz CT molecular complexity index is 507. The van der Waals surface area contributed by atoms with Crippen molar-refractivity contribution >= 4 is 11.7 Å². The number of hydrogen-bond donors (Lipinski definition) is 1. The fraction of sp³-hybridized carbons (Fsp3) is 0.400. The van der Waals surface area contributed by atoms with Crippen molar-refractivity contribution in [2.24, 2.45) is 0 Å². The Balaban J connectivity index is 3.31. The van der Waals surface area contributed by atoms with E-state index in [2.05, 4.69) is 9.72 Å². The highest BCUT2D eigenvalue weighted by molar-refractivity contribution is 5.75. The van der Waals surface area contributed by atoms with E-state index in [0.717, 1.165) is 0 Å². The van der Waals surface area contributed by atoms with Crippen molar-refractivity contribution in [3.8, 4) is 5.75 Å². The van der Waals surface area contributed by atoms with Gasteiger partial charge >= 0.3 is 11.7 Å². The summed E-state index contributed by atoms with van der Waals surface area (Å²) in [5, 5.41) is 20.3. The van der Waals surface area contributed by atoms with Crippen LogP contribution in [0.15, 0.2) is 6.20 Å². The first-order valence-electron chi connectivity index (χ1n) is 5.17. The third-order valence-electron chi connectivity index (χ3n) is 2.18. The predicted molar refractivity (Wildman–Crippen MR) is 57.9 cm³/mol. The van der Waals surface area contributed by atoms with E-state index in [0.29, 0.717) is 6.20 Å². The zero-order chi connectivity index (χ0) is 14.6. The Labute approximate surface area is 106 Å². The summed E-state index contributed by atoms with van der Waals surface area (Å²) in [5.41, 5.74) is -2.70. The molecule has 1 N–H and O–H groups in total. The Kier molecular flexibility index (Phi) is 4.67. The van der Waals surface area contributed by atoms with Crippen molar-refractivity contribution in [1.29, 1.82) is 0 Å². The van der Waals surface area contributed by atoms with Gasteiger partial charge in [-0.25, -0.2) is 13.8 Å². The topological polar surface area (TPSA) is 103 Å². The first-order chi connectivity index (χ1) is 8.88. The lowest BCUT2D eigenvalue weighted by atomic mass is 10.1. The predicted octanol–water partition coefficient (Wildman–Crippen LogP) is 1.74. The van der Waals surface area contributed by atoms with Crippen molar-refractivity contribution in [3.05, 3.63) is 27.6 Å². The van der Waals surface area contributed by atoms with Gasteiger partial charge in [0.05, 0.1) is 29.7 Å². The molecule has 104 valence electrons. The van der Waals surface area contributed by atoms with E-state index in [1.54, 1.807) is 0 Å². The molecule has 0 aliphatic heterocycles. The van der Waals surface area contributed by atoms with Crippen LogP contribution < -0.4 is 0 Å². The number of aromatic hydroxyl groups is 1. The van der Waals surface area contributed by atoms with E-state index in [9.17, 15) is 28.8 Å². The number of nitro groups is 1. The third kappa shape index (κ3) is 3.33. The number of nitrogens with zero attached hydrogens (tertiary/aromatic N) is 2. The Hall–Kier alpha value is -2.32. The number of hydrogen-bond acceptors (Lipinski definition) is 6. The number of halogens is 2. The first kappa shape index (κ1) is 14.7. The molecule has 0 aromatic carbocycles. The summed E-state index contributed by atoms with van der Waals surface area (Å²) in [7, 11) is 0. The first-order valence-corrected chi connectivity index (χ1v) is 5.17. The molecule has 0 saturated carbocycles. The second-order valence-electron chi connectivity index (χ2n) is 3.40. The van der Waals surface area contributed by atoms with E-state index in [1.807, 2.05) is 0 Å². The number of carbonyl (C=O) groups excluding carboxylic acids is 1. The quantitative estimate of drug-likeness (QED) is 0.499. The van der Waals surface area contributed by atoms with Crippen LogP contribution in [0.25, 0.3) is 0 Å². The van der Waals surface area contributed by atoms with E-state index in [1.165, 1.54) is 6.92 Å². The van der Waals surface area contributed by atoms with Gasteiger partial charge in [0.15, 0.2) is 5.69 Å². The van der Waals surface area contributed by atoms with Gasteiger partial charge in [-0.2, -0.15) is 0 Å². The van der Waals surface area contributed by atoms with Crippen LogP contribution in [0, 0.1) is 10.1 Å². The van der Waals surface area contributed by atoms with Crippen LogP contribution >= 0.6 is 0 Å². The smallest absolute Gasteiger partial charge is 0.310 e. The summed E-state index contributed by atoms with van der Waals surface area (Å²) in [6.45, 7) is 1.55. The van der Waals surface area contributed by atoms with Gasteiger partial charge in [-0.3, -0.25) is 14.9 Å². The molecule has 1 rings (SSSR count). The summed E-state index contributed by atoms with van der Waals surface area (Å²) in [4.78, 5) is 24.1. The zero-order valence-electron chi connectivity index (χ0n) is 9.80.